The van der Waals surface area contributed by atoms with Gasteiger partial charge in [0.25, 0.3) is 0 Å². The second-order valence-corrected chi connectivity index (χ2v) is 4.79. The van der Waals surface area contributed by atoms with E-state index in [4.69, 9.17) is 5.73 Å². The normalized spacial score (nSPS) is 19.1. The largest absolute Gasteiger partial charge is 0.394 e. The number of nitrogens with zero attached hydrogens (tertiary/aromatic N) is 2. The number of aryl methyl sites for hydroxylation is 1. The first-order chi connectivity index (χ1) is 7.75. The average Bonchev–Trinajstić information content (AvgIpc) is 2.49. The van der Waals surface area contributed by atoms with Crippen LogP contribution in [0.4, 0.5) is 11.5 Å². The van der Waals surface area contributed by atoms with Gasteiger partial charge in [0.1, 0.15) is 0 Å². The number of rotatable bonds is 2. The summed E-state index contributed by atoms with van der Waals surface area (Å²) in [5.74, 6) is 0.855. The predicted molar refractivity (Wildman–Crippen MR) is 67.4 cm³/mol. The number of anilines is 2. The van der Waals surface area contributed by atoms with Crippen LogP contribution < -0.4 is 11.1 Å². The molecule has 4 heteroatoms. The molecule has 0 atom stereocenters. The minimum atomic E-state index is 0.553. The highest BCUT2D eigenvalue weighted by atomic mass is 15.3. The standard InChI is InChI=1S/C12H22N4/c1-16-9-11(13)12(15-16)14-10-7-5-3-2-4-6-8-10/h9-10H,2-8,13H2,1H3,(H,14,15). The number of hydrogen-bond donors (Lipinski definition) is 2. The summed E-state index contributed by atoms with van der Waals surface area (Å²) < 4.78 is 1.76. The van der Waals surface area contributed by atoms with Crippen LogP contribution in [0, 0.1) is 0 Å². The van der Waals surface area contributed by atoms with E-state index in [2.05, 4.69) is 10.4 Å². The third kappa shape index (κ3) is 2.90. The molecule has 2 rings (SSSR count). The summed E-state index contributed by atoms with van der Waals surface area (Å²) in [5.41, 5.74) is 6.64. The second kappa shape index (κ2) is 5.23. The minimum Gasteiger partial charge on any atom is -0.394 e. The number of aromatic nitrogens is 2. The van der Waals surface area contributed by atoms with Crippen molar-refractivity contribution in [2.75, 3.05) is 11.1 Å². The monoisotopic (exact) mass is 222 g/mol. The third-order valence-corrected chi connectivity index (χ3v) is 3.30. The van der Waals surface area contributed by atoms with Crippen molar-refractivity contribution in [2.24, 2.45) is 7.05 Å². The summed E-state index contributed by atoms with van der Waals surface area (Å²) in [7, 11) is 1.90. The van der Waals surface area contributed by atoms with Gasteiger partial charge in [0.05, 0.1) is 5.69 Å². The first kappa shape index (κ1) is 11.3. The van der Waals surface area contributed by atoms with Crippen molar-refractivity contribution in [2.45, 2.75) is 51.0 Å². The SMILES string of the molecule is Cn1cc(N)c(NC2CCCCCCC2)n1. The summed E-state index contributed by atoms with van der Waals surface area (Å²) >= 11 is 0. The topological polar surface area (TPSA) is 55.9 Å². The highest BCUT2D eigenvalue weighted by molar-refractivity contribution is 5.60. The molecule has 3 N–H and O–H groups in total. The van der Waals surface area contributed by atoms with Gasteiger partial charge in [-0.3, -0.25) is 4.68 Å². The predicted octanol–water partition coefficient (Wildman–Crippen LogP) is 2.53. The smallest absolute Gasteiger partial charge is 0.171 e. The lowest BCUT2D eigenvalue weighted by Crippen LogP contribution is -2.21. The van der Waals surface area contributed by atoms with Gasteiger partial charge in [-0.15, -0.1) is 0 Å². The third-order valence-electron chi connectivity index (χ3n) is 3.30. The lowest BCUT2D eigenvalue weighted by atomic mass is 9.97. The Balaban J connectivity index is 1.94. The van der Waals surface area contributed by atoms with Crippen molar-refractivity contribution in [3.63, 3.8) is 0 Å². The van der Waals surface area contributed by atoms with Crippen LogP contribution in [0.5, 0.6) is 0 Å². The first-order valence-electron chi connectivity index (χ1n) is 6.31. The van der Waals surface area contributed by atoms with Gasteiger partial charge in [-0.1, -0.05) is 32.1 Å². The number of hydrogen-bond acceptors (Lipinski definition) is 3. The van der Waals surface area contributed by atoms with E-state index in [1.54, 1.807) is 4.68 Å². The van der Waals surface area contributed by atoms with Crippen LogP contribution in [0.1, 0.15) is 44.9 Å². The van der Waals surface area contributed by atoms with Gasteiger partial charge in [-0.2, -0.15) is 5.10 Å². The molecular formula is C12H22N4. The van der Waals surface area contributed by atoms with E-state index in [1.165, 1.54) is 44.9 Å². The zero-order valence-corrected chi connectivity index (χ0v) is 10.1. The van der Waals surface area contributed by atoms with Crippen LogP contribution in [0.2, 0.25) is 0 Å². The quantitative estimate of drug-likeness (QED) is 0.808. The molecule has 0 unspecified atom stereocenters. The van der Waals surface area contributed by atoms with E-state index in [0.717, 1.165) is 11.5 Å². The molecule has 16 heavy (non-hydrogen) atoms. The Hall–Kier alpha value is -1.19. The molecule has 0 spiro atoms. The molecule has 1 heterocycles. The van der Waals surface area contributed by atoms with Crippen LogP contribution in [-0.4, -0.2) is 15.8 Å². The van der Waals surface area contributed by atoms with Crippen molar-refractivity contribution < 1.29 is 0 Å². The van der Waals surface area contributed by atoms with Crippen LogP contribution in [0.25, 0.3) is 0 Å². The molecule has 1 aromatic heterocycles. The Labute approximate surface area is 97.2 Å². The average molecular weight is 222 g/mol. The van der Waals surface area contributed by atoms with Crippen molar-refractivity contribution in [1.29, 1.82) is 0 Å². The molecule has 0 amide bonds. The molecule has 1 fully saturated rings. The number of nitrogen functional groups attached to an aromatic ring is 1. The molecule has 1 aliphatic rings. The van der Waals surface area contributed by atoms with Crippen molar-refractivity contribution >= 4 is 11.5 Å². The highest BCUT2D eigenvalue weighted by Crippen LogP contribution is 2.22. The second-order valence-electron chi connectivity index (χ2n) is 4.79. The Morgan fingerprint density at radius 1 is 1.25 bits per heavy atom. The Bertz CT molecular complexity index is 324. The fourth-order valence-corrected chi connectivity index (χ4v) is 2.41. The summed E-state index contributed by atoms with van der Waals surface area (Å²) in [6.45, 7) is 0. The summed E-state index contributed by atoms with van der Waals surface area (Å²) in [4.78, 5) is 0. The lowest BCUT2D eigenvalue weighted by molar-refractivity contribution is 0.470. The van der Waals surface area contributed by atoms with Gasteiger partial charge in [-0.05, 0) is 12.8 Å². The summed E-state index contributed by atoms with van der Waals surface area (Å²) in [6, 6.07) is 0.553. The van der Waals surface area contributed by atoms with Crippen molar-refractivity contribution in [3.05, 3.63) is 6.20 Å². The molecule has 1 aromatic rings. The molecule has 0 aromatic carbocycles. The molecule has 4 nitrogen and oxygen atoms in total. The van der Waals surface area contributed by atoms with E-state index in [9.17, 15) is 0 Å². The van der Waals surface area contributed by atoms with Crippen molar-refractivity contribution in [3.8, 4) is 0 Å². The maximum Gasteiger partial charge on any atom is 0.171 e. The maximum atomic E-state index is 5.88. The Morgan fingerprint density at radius 3 is 2.44 bits per heavy atom. The van der Waals surface area contributed by atoms with Crippen LogP contribution in [0.15, 0.2) is 6.20 Å². The van der Waals surface area contributed by atoms with Gasteiger partial charge in [0, 0.05) is 19.3 Å². The van der Waals surface area contributed by atoms with Gasteiger partial charge < -0.3 is 11.1 Å². The Kier molecular flexibility index (Phi) is 3.70. The van der Waals surface area contributed by atoms with Gasteiger partial charge in [-0.25, -0.2) is 0 Å². The van der Waals surface area contributed by atoms with Crippen molar-refractivity contribution in [1.82, 2.24) is 9.78 Å². The van der Waals surface area contributed by atoms with Crippen LogP contribution in [0.3, 0.4) is 0 Å². The molecular weight excluding hydrogens is 200 g/mol. The van der Waals surface area contributed by atoms with E-state index in [1.807, 2.05) is 13.2 Å². The molecule has 0 saturated heterocycles. The zero-order valence-electron chi connectivity index (χ0n) is 10.1. The fraction of sp³-hybridized carbons (Fsp3) is 0.750. The zero-order chi connectivity index (χ0) is 11.4. The van der Waals surface area contributed by atoms with E-state index in [0.29, 0.717) is 6.04 Å². The number of nitrogens with two attached hydrogens (primary N) is 1. The lowest BCUT2D eigenvalue weighted by Gasteiger charge is -2.21. The fourth-order valence-electron chi connectivity index (χ4n) is 2.41. The molecule has 90 valence electrons. The molecule has 0 bridgehead atoms. The Morgan fingerprint density at radius 2 is 1.88 bits per heavy atom. The van der Waals surface area contributed by atoms with E-state index in [-0.39, 0.29) is 0 Å². The van der Waals surface area contributed by atoms with Gasteiger partial charge in [0.2, 0.25) is 0 Å². The van der Waals surface area contributed by atoms with E-state index < -0.39 is 0 Å². The van der Waals surface area contributed by atoms with E-state index >= 15 is 0 Å². The molecule has 0 aliphatic heterocycles. The van der Waals surface area contributed by atoms with Gasteiger partial charge >= 0.3 is 0 Å². The summed E-state index contributed by atoms with van der Waals surface area (Å²) in [5, 5.41) is 7.82. The van der Waals surface area contributed by atoms with Crippen LogP contribution >= 0.6 is 0 Å². The molecule has 1 saturated carbocycles. The first-order valence-corrected chi connectivity index (χ1v) is 6.31. The van der Waals surface area contributed by atoms with Crippen LogP contribution in [-0.2, 0) is 7.05 Å². The summed E-state index contributed by atoms with van der Waals surface area (Å²) in [6.07, 6.45) is 11.1. The molecule has 0 radical (unpaired) electrons. The maximum absolute atomic E-state index is 5.88. The van der Waals surface area contributed by atoms with Gasteiger partial charge in [0.15, 0.2) is 5.82 Å². The molecule has 1 aliphatic carbocycles. The highest BCUT2D eigenvalue weighted by Gasteiger charge is 2.13. The number of nitrogens with one attached hydrogen (secondary N) is 1. The minimum absolute atomic E-state index is 0.553.